The lowest BCUT2D eigenvalue weighted by atomic mass is 10.3. The van der Waals surface area contributed by atoms with Gasteiger partial charge < -0.3 is 16.0 Å². The van der Waals surface area contributed by atoms with E-state index in [-0.39, 0.29) is 29.9 Å². The molecule has 0 heterocycles. The molecule has 3 N–H and O–H groups in total. The van der Waals surface area contributed by atoms with Crippen LogP contribution in [0.3, 0.4) is 0 Å². The van der Waals surface area contributed by atoms with E-state index in [9.17, 15) is 4.79 Å². The third-order valence-corrected chi connectivity index (χ3v) is 2.95. The number of nitrogens with one attached hydrogen (secondary N) is 3. The molecule has 21 heavy (non-hydrogen) atoms. The van der Waals surface area contributed by atoms with Crippen LogP contribution in [0.15, 0.2) is 33.7 Å². The van der Waals surface area contributed by atoms with E-state index in [0.29, 0.717) is 25.0 Å². The number of hydrogen-bond donors (Lipinski definition) is 3. The summed E-state index contributed by atoms with van der Waals surface area (Å²) in [5.74, 6) is 0.677. The van der Waals surface area contributed by atoms with Gasteiger partial charge in [0.1, 0.15) is 0 Å². The Morgan fingerprint density at radius 3 is 2.43 bits per heavy atom. The highest BCUT2D eigenvalue weighted by molar-refractivity contribution is 14.0. The summed E-state index contributed by atoms with van der Waals surface area (Å²) < 4.78 is 0.987. The van der Waals surface area contributed by atoms with Gasteiger partial charge in [-0.3, -0.25) is 9.79 Å². The molecule has 0 fully saturated rings. The van der Waals surface area contributed by atoms with Gasteiger partial charge in [0.2, 0.25) is 5.91 Å². The lowest BCUT2D eigenvalue weighted by Gasteiger charge is -2.14. The standard InChI is InChI=1S/C14H21BrN4O.HI/c1-10(2)18-14(16-3)17-9-8-13(20)19-12-6-4-11(15)5-7-12;/h4-7,10H,8-9H2,1-3H3,(H,19,20)(H2,16,17,18);1H. The monoisotopic (exact) mass is 468 g/mol. The fourth-order valence-electron chi connectivity index (χ4n) is 1.52. The number of guanidine groups is 1. The van der Waals surface area contributed by atoms with Crippen LogP contribution < -0.4 is 16.0 Å². The number of halogens is 2. The molecule has 7 heteroatoms. The first-order valence-corrected chi connectivity index (χ1v) is 7.33. The van der Waals surface area contributed by atoms with Gasteiger partial charge in [0.15, 0.2) is 5.96 Å². The number of carbonyl (C=O) groups excluding carboxylic acids is 1. The van der Waals surface area contributed by atoms with E-state index in [1.54, 1.807) is 7.05 Å². The SMILES string of the molecule is CN=C(NCCC(=O)Nc1ccc(Br)cc1)NC(C)C.I. The van der Waals surface area contributed by atoms with Crippen LogP contribution in [0, 0.1) is 0 Å². The van der Waals surface area contributed by atoms with Crippen molar-refractivity contribution in [2.45, 2.75) is 26.3 Å². The molecule has 1 aromatic rings. The van der Waals surface area contributed by atoms with E-state index >= 15 is 0 Å². The maximum Gasteiger partial charge on any atom is 0.226 e. The Kier molecular flexibility index (Phi) is 10.4. The molecular formula is C14H22BrIN4O. The van der Waals surface area contributed by atoms with Gasteiger partial charge in [0.05, 0.1) is 0 Å². The predicted molar refractivity (Wildman–Crippen MR) is 102 cm³/mol. The normalized spacial score (nSPS) is 10.8. The van der Waals surface area contributed by atoms with Crippen molar-refractivity contribution in [2.75, 3.05) is 18.9 Å². The second-order valence-electron chi connectivity index (χ2n) is 4.60. The number of carbonyl (C=O) groups is 1. The van der Waals surface area contributed by atoms with Crippen LogP contribution in [0.2, 0.25) is 0 Å². The molecule has 0 saturated heterocycles. The summed E-state index contributed by atoms with van der Waals surface area (Å²) in [6.45, 7) is 4.61. The third kappa shape index (κ3) is 8.92. The summed E-state index contributed by atoms with van der Waals surface area (Å²) in [4.78, 5) is 15.8. The Bertz CT molecular complexity index is 463. The molecule has 0 atom stereocenters. The van der Waals surface area contributed by atoms with Crippen molar-refractivity contribution >= 4 is 57.5 Å². The molecule has 1 aromatic carbocycles. The zero-order chi connectivity index (χ0) is 15.0. The summed E-state index contributed by atoms with van der Waals surface area (Å²) in [6, 6.07) is 7.80. The van der Waals surface area contributed by atoms with Gasteiger partial charge in [-0.15, -0.1) is 24.0 Å². The minimum atomic E-state index is -0.0279. The van der Waals surface area contributed by atoms with Crippen LogP contribution in [0.25, 0.3) is 0 Å². The average molecular weight is 469 g/mol. The van der Waals surface area contributed by atoms with Crippen molar-refractivity contribution in [3.63, 3.8) is 0 Å². The zero-order valence-corrected chi connectivity index (χ0v) is 16.4. The molecule has 1 rings (SSSR count). The van der Waals surface area contributed by atoms with Crippen LogP contribution in [0.5, 0.6) is 0 Å². The Morgan fingerprint density at radius 2 is 1.90 bits per heavy atom. The summed E-state index contributed by atoms with van der Waals surface area (Å²) >= 11 is 3.35. The second-order valence-corrected chi connectivity index (χ2v) is 5.52. The molecule has 0 unspecified atom stereocenters. The quantitative estimate of drug-likeness (QED) is 0.353. The number of anilines is 1. The van der Waals surface area contributed by atoms with E-state index in [1.807, 2.05) is 38.1 Å². The number of rotatable bonds is 5. The van der Waals surface area contributed by atoms with Gasteiger partial charge in [-0.05, 0) is 38.1 Å². The molecule has 0 radical (unpaired) electrons. The van der Waals surface area contributed by atoms with E-state index in [4.69, 9.17) is 0 Å². The molecular weight excluding hydrogens is 447 g/mol. The second kappa shape index (κ2) is 10.8. The highest BCUT2D eigenvalue weighted by Crippen LogP contribution is 2.14. The van der Waals surface area contributed by atoms with Gasteiger partial charge in [0, 0.05) is 36.2 Å². The van der Waals surface area contributed by atoms with Crippen LogP contribution in [0.4, 0.5) is 5.69 Å². The van der Waals surface area contributed by atoms with E-state index in [1.165, 1.54) is 0 Å². The maximum atomic E-state index is 11.8. The number of amides is 1. The van der Waals surface area contributed by atoms with Crippen LogP contribution in [-0.2, 0) is 4.79 Å². The Balaban J connectivity index is 0.00000400. The highest BCUT2D eigenvalue weighted by Gasteiger charge is 2.04. The van der Waals surface area contributed by atoms with Gasteiger partial charge in [0.25, 0.3) is 0 Å². The topological polar surface area (TPSA) is 65.5 Å². The smallest absolute Gasteiger partial charge is 0.226 e. The minimum absolute atomic E-state index is 0. The van der Waals surface area contributed by atoms with Crippen molar-refractivity contribution in [3.8, 4) is 0 Å². The Morgan fingerprint density at radius 1 is 1.29 bits per heavy atom. The van der Waals surface area contributed by atoms with Crippen molar-refractivity contribution < 1.29 is 4.79 Å². The summed E-state index contributed by atoms with van der Waals surface area (Å²) in [5, 5.41) is 9.10. The van der Waals surface area contributed by atoms with Crippen LogP contribution >= 0.6 is 39.9 Å². The zero-order valence-electron chi connectivity index (χ0n) is 12.4. The first-order valence-electron chi connectivity index (χ1n) is 6.54. The Hall–Kier alpha value is -0.830. The first kappa shape index (κ1) is 20.2. The molecule has 0 saturated carbocycles. The number of aliphatic imine (C=N–C) groups is 1. The lowest BCUT2D eigenvalue weighted by molar-refractivity contribution is -0.116. The molecule has 0 spiro atoms. The molecule has 0 aliphatic heterocycles. The van der Waals surface area contributed by atoms with Crippen molar-refractivity contribution in [1.29, 1.82) is 0 Å². The third-order valence-electron chi connectivity index (χ3n) is 2.42. The van der Waals surface area contributed by atoms with Crippen LogP contribution in [-0.4, -0.2) is 31.5 Å². The molecule has 118 valence electrons. The fourth-order valence-corrected chi connectivity index (χ4v) is 1.78. The van der Waals surface area contributed by atoms with E-state index in [2.05, 4.69) is 36.9 Å². The predicted octanol–water partition coefficient (Wildman–Crippen LogP) is 2.97. The largest absolute Gasteiger partial charge is 0.356 e. The first-order chi connectivity index (χ1) is 9.51. The molecule has 0 aliphatic rings. The Labute approximate surface area is 151 Å². The highest BCUT2D eigenvalue weighted by atomic mass is 127. The minimum Gasteiger partial charge on any atom is -0.356 e. The summed E-state index contributed by atoms with van der Waals surface area (Å²) in [6.07, 6.45) is 0.384. The molecule has 0 aliphatic carbocycles. The van der Waals surface area contributed by atoms with Crippen molar-refractivity contribution in [2.24, 2.45) is 4.99 Å². The van der Waals surface area contributed by atoms with E-state index in [0.717, 1.165) is 10.2 Å². The molecule has 0 aromatic heterocycles. The average Bonchev–Trinajstić information content (AvgIpc) is 2.40. The van der Waals surface area contributed by atoms with Crippen LogP contribution in [0.1, 0.15) is 20.3 Å². The molecule has 1 amide bonds. The maximum absolute atomic E-state index is 11.8. The summed E-state index contributed by atoms with van der Waals surface area (Å²) in [7, 11) is 1.71. The van der Waals surface area contributed by atoms with E-state index < -0.39 is 0 Å². The van der Waals surface area contributed by atoms with Gasteiger partial charge >= 0.3 is 0 Å². The van der Waals surface area contributed by atoms with Gasteiger partial charge in [-0.1, -0.05) is 15.9 Å². The lowest BCUT2D eigenvalue weighted by Crippen LogP contribution is -2.41. The fraction of sp³-hybridized carbons (Fsp3) is 0.429. The summed E-state index contributed by atoms with van der Waals surface area (Å²) in [5.41, 5.74) is 0.794. The molecule has 5 nitrogen and oxygen atoms in total. The number of nitrogens with zero attached hydrogens (tertiary/aromatic N) is 1. The number of hydrogen-bond acceptors (Lipinski definition) is 2. The van der Waals surface area contributed by atoms with Gasteiger partial charge in [-0.2, -0.15) is 0 Å². The molecule has 0 bridgehead atoms. The number of benzene rings is 1. The van der Waals surface area contributed by atoms with Crippen molar-refractivity contribution in [1.82, 2.24) is 10.6 Å². The van der Waals surface area contributed by atoms with Crippen molar-refractivity contribution in [3.05, 3.63) is 28.7 Å². The van der Waals surface area contributed by atoms with Gasteiger partial charge in [-0.25, -0.2) is 0 Å².